The van der Waals surface area contributed by atoms with Crippen LogP contribution in [-0.2, 0) is 11.2 Å². The number of benzene rings is 2. The molecule has 4 aromatic rings. The van der Waals surface area contributed by atoms with E-state index in [1.165, 1.54) is 24.4 Å². The molecule has 0 saturated carbocycles. The summed E-state index contributed by atoms with van der Waals surface area (Å²) in [6, 6.07) is 5.68. The third kappa shape index (κ3) is 5.32. The van der Waals surface area contributed by atoms with Crippen LogP contribution in [0.15, 0.2) is 30.5 Å². The lowest BCUT2D eigenvalue weighted by Crippen LogP contribution is -2.44. The fourth-order valence-electron chi connectivity index (χ4n) is 7.38. The van der Waals surface area contributed by atoms with E-state index in [0.29, 0.717) is 54.7 Å². The molecular formula is C33H36F3N5O4. The minimum atomic E-state index is -1.20. The van der Waals surface area contributed by atoms with Crippen LogP contribution in [0.3, 0.4) is 0 Å². The lowest BCUT2D eigenvalue weighted by Gasteiger charge is -2.31. The Morgan fingerprint density at radius 3 is 2.84 bits per heavy atom. The van der Waals surface area contributed by atoms with Gasteiger partial charge in [-0.2, -0.15) is 9.97 Å². The summed E-state index contributed by atoms with van der Waals surface area (Å²) < 4.78 is 58.0. The standard InChI is InChI=1S/C33H36F3N5O4/c1-3-22-25(35)6-5-19-11-21(42)12-23(26(19)22)28-27(36)29-24(14-37-28)30(40-9-10-44-17-32(2,43)16-40)39-31(38-29)45-18-33-7-4-8-41(33)15-20(34)13-33/h5-6,11-12,14,20,42-43H,3-4,7-10,13,15-18H2,1-2H3/t20-,32?,33+/m1/s1. The molecule has 3 fully saturated rings. The minimum Gasteiger partial charge on any atom is -0.508 e. The van der Waals surface area contributed by atoms with Crippen molar-refractivity contribution in [1.82, 2.24) is 19.9 Å². The number of halogens is 3. The predicted octanol–water partition coefficient (Wildman–Crippen LogP) is 4.93. The van der Waals surface area contributed by atoms with Crippen molar-refractivity contribution in [2.45, 2.75) is 56.8 Å². The molecule has 3 saturated heterocycles. The van der Waals surface area contributed by atoms with Crippen molar-refractivity contribution in [3.63, 3.8) is 0 Å². The van der Waals surface area contributed by atoms with Crippen LogP contribution in [-0.4, -0.2) is 93.4 Å². The number of nitrogens with zero attached hydrogens (tertiary/aromatic N) is 5. The number of hydrogen-bond donors (Lipinski definition) is 2. The molecule has 0 spiro atoms. The maximum atomic E-state index is 16.8. The number of aliphatic hydroxyl groups is 1. The van der Waals surface area contributed by atoms with Gasteiger partial charge in [0, 0.05) is 31.3 Å². The topological polar surface area (TPSA) is 104 Å². The number of β-amino-alcohol motifs (C(OH)–C–C–N with tert-alkyl or cyclic N) is 1. The molecule has 2 N–H and O–H groups in total. The van der Waals surface area contributed by atoms with Gasteiger partial charge in [-0.05, 0) is 67.3 Å². The zero-order valence-corrected chi connectivity index (χ0v) is 25.3. The minimum absolute atomic E-state index is 0.0775. The van der Waals surface area contributed by atoms with Gasteiger partial charge in [0.05, 0.1) is 30.7 Å². The molecule has 2 aromatic heterocycles. The Labute approximate surface area is 258 Å². The van der Waals surface area contributed by atoms with Gasteiger partial charge in [0.25, 0.3) is 0 Å². The zero-order valence-electron chi connectivity index (χ0n) is 25.3. The van der Waals surface area contributed by atoms with Gasteiger partial charge in [-0.15, -0.1) is 0 Å². The highest BCUT2D eigenvalue weighted by molar-refractivity contribution is 6.01. The Morgan fingerprint density at radius 2 is 2.02 bits per heavy atom. The number of alkyl halides is 1. The van der Waals surface area contributed by atoms with Gasteiger partial charge in [0.2, 0.25) is 0 Å². The molecular weight excluding hydrogens is 587 g/mol. The van der Waals surface area contributed by atoms with Crippen molar-refractivity contribution in [2.24, 2.45) is 0 Å². The van der Waals surface area contributed by atoms with Crippen LogP contribution >= 0.6 is 0 Å². The molecule has 12 heteroatoms. The Kier molecular flexibility index (Phi) is 7.49. The van der Waals surface area contributed by atoms with Crippen LogP contribution in [0.1, 0.15) is 38.7 Å². The van der Waals surface area contributed by atoms with Crippen molar-refractivity contribution >= 4 is 27.5 Å². The largest absolute Gasteiger partial charge is 0.508 e. The van der Waals surface area contributed by atoms with Gasteiger partial charge in [0.15, 0.2) is 5.82 Å². The number of hydrogen-bond acceptors (Lipinski definition) is 9. The van der Waals surface area contributed by atoms with E-state index in [-0.39, 0.29) is 53.7 Å². The molecule has 5 heterocycles. The molecule has 0 radical (unpaired) electrons. The summed E-state index contributed by atoms with van der Waals surface area (Å²) in [5, 5.41) is 22.8. The normalized spacial score (nSPS) is 25.6. The highest BCUT2D eigenvalue weighted by Crippen LogP contribution is 2.42. The van der Waals surface area contributed by atoms with E-state index < -0.39 is 28.9 Å². The fourth-order valence-corrected chi connectivity index (χ4v) is 7.38. The molecule has 0 amide bonds. The number of fused-ring (bicyclic) bond motifs is 3. The van der Waals surface area contributed by atoms with E-state index in [4.69, 9.17) is 9.47 Å². The molecule has 238 valence electrons. The van der Waals surface area contributed by atoms with Crippen molar-refractivity contribution in [2.75, 3.05) is 50.9 Å². The summed E-state index contributed by atoms with van der Waals surface area (Å²) in [4.78, 5) is 17.6. The van der Waals surface area contributed by atoms with Crippen LogP contribution < -0.4 is 9.64 Å². The van der Waals surface area contributed by atoms with E-state index in [1.54, 1.807) is 17.9 Å². The third-order valence-corrected chi connectivity index (χ3v) is 9.39. The van der Waals surface area contributed by atoms with E-state index in [1.807, 2.05) is 6.92 Å². The molecule has 7 rings (SSSR count). The summed E-state index contributed by atoms with van der Waals surface area (Å²) in [6.07, 6.45) is 2.92. The van der Waals surface area contributed by atoms with Crippen LogP contribution in [0.2, 0.25) is 0 Å². The molecule has 0 aliphatic carbocycles. The lowest BCUT2D eigenvalue weighted by atomic mass is 9.94. The molecule has 0 bridgehead atoms. The summed E-state index contributed by atoms with van der Waals surface area (Å²) >= 11 is 0. The average molecular weight is 624 g/mol. The van der Waals surface area contributed by atoms with Gasteiger partial charge >= 0.3 is 6.01 Å². The maximum absolute atomic E-state index is 16.8. The first kappa shape index (κ1) is 29.9. The Morgan fingerprint density at radius 1 is 1.18 bits per heavy atom. The second kappa shape index (κ2) is 11.3. The number of pyridine rings is 1. The van der Waals surface area contributed by atoms with Crippen LogP contribution in [0.4, 0.5) is 19.0 Å². The number of rotatable bonds is 6. The van der Waals surface area contributed by atoms with Gasteiger partial charge < -0.3 is 24.6 Å². The lowest BCUT2D eigenvalue weighted by molar-refractivity contribution is -0.0123. The first-order valence-corrected chi connectivity index (χ1v) is 15.5. The SMILES string of the molecule is CCc1c(F)ccc2cc(O)cc(-c3ncc4c(N5CCOCC(C)(O)C5)nc(OC[C@@]56CCCN5C[C@H](F)C6)nc4c3F)c12. The van der Waals surface area contributed by atoms with Crippen molar-refractivity contribution in [3.05, 3.63) is 47.7 Å². The number of aromatic hydroxyl groups is 1. The third-order valence-electron chi connectivity index (χ3n) is 9.39. The number of ether oxygens (including phenoxy) is 2. The predicted molar refractivity (Wildman–Crippen MR) is 163 cm³/mol. The number of aryl methyl sites for hydroxylation is 1. The monoisotopic (exact) mass is 623 g/mol. The van der Waals surface area contributed by atoms with E-state index >= 15 is 4.39 Å². The Bertz CT molecular complexity index is 1790. The van der Waals surface area contributed by atoms with E-state index in [0.717, 1.165) is 19.4 Å². The summed E-state index contributed by atoms with van der Waals surface area (Å²) in [7, 11) is 0. The quantitative estimate of drug-likeness (QED) is 0.309. The zero-order chi connectivity index (χ0) is 31.5. The molecule has 3 aliphatic heterocycles. The van der Waals surface area contributed by atoms with Crippen LogP contribution in [0, 0.1) is 11.6 Å². The molecule has 45 heavy (non-hydrogen) atoms. The molecule has 3 aliphatic rings. The van der Waals surface area contributed by atoms with E-state index in [9.17, 15) is 19.0 Å². The van der Waals surface area contributed by atoms with Crippen molar-refractivity contribution < 1.29 is 32.9 Å². The number of aromatic nitrogens is 3. The average Bonchev–Trinajstić information content (AvgIpc) is 3.46. The summed E-state index contributed by atoms with van der Waals surface area (Å²) in [5.41, 5.74) is -1.25. The highest BCUT2D eigenvalue weighted by Gasteiger charge is 2.49. The van der Waals surface area contributed by atoms with Crippen LogP contribution in [0.25, 0.3) is 32.9 Å². The number of anilines is 1. The second-order valence-electron chi connectivity index (χ2n) is 12.8. The Hall–Kier alpha value is -3.74. The molecule has 1 unspecified atom stereocenters. The van der Waals surface area contributed by atoms with Gasteiger partial charge in [-0.1, -0.05) is 13.0 Å². The number of phenolic OH excluding ortho intramolecular Hbond substituents is 1. The first-order valence-electron chi connectivity index (χ1n) is 15.5. The Balaban J connectivity index is 1.39. The summed E-state index contributed by atoms with van der Waals surface area (Å²) in [5.74, 6) is -1.02. The van der Waals surface area contributed by atoms with Gasteiger partial charge in [-0.3, -0.25) is 9.88 Å². The molecule has 9 nitrogen and oxygen atoms in total. The molecule has 2 aromatic carbocycles. The van der Waals surface area contributed by atoms with Gasteiger partial charge in [-0.25, -0.2) is 13.2 Å². The number of phenols is 1. The smallest absolute Gasteiger partial charge is 0.319 e. The first-order chi connectivity index (χ1) is 21.6. The molecule has 3 atom stereocenters. The fraction of sp³-hybridized carbons (Fsp3) is 0.485. The van der Waals surface area contributed by atoms with Crippen LogP contribution in [0.5, 0.6) is 11.8 Å². The van der Waals surface area contributed by atoms with Crippen molar-refractivity contribution in [1.29, 1.82) is 0 Å². The van der Waals surface area contributed by atoms with Crippen molar-refractivity contribution in [3.8, 4) is 23.0 Å². The maximum Gasteiger partial charge on any atom is 0.319 e. The van der Waals surface area contributed by atoms with Gasteiger partial charge in [0.1, 0.15) is 47.0 Å². The summed E-state index contributed by atoms with van der Waals surface area (Å²) in [6.45, 7) is 5.70. The van der Waals surface area contributed by atoms with E-state index in [2.05, 4.69) is 19.9 Å². The highest BCUT2D eigenvalue weighted by atomic mass is 19.1. The second-order valence-corrected chi connectivity index (χ2v) is 12.8.